The molecule has 13 heavy (non-hydrogen) atoms. The Hall–Kier alpha value is -0.620. The van der Waals surface area contributed by atoms with E-state index in [1.165, 1.54) is 12.3 Å². The van der Waals surface area contributed by atoms with Gasteiger partial charge in [0.1, 0.15) is 0 Å². The Morgan fingerprint density at radius 1 is 1.46 bits per heavy atom. The van der Waals surface area contributed by atoms with Gasteiger partial charge in [0.2, 0.25) is 0 Å². The number of rotatable bonds is 1. The number of pyridine rings is 1. The van der Waals surface area contributed by atoms with Crippen LogP contribution in [-0.2, 0) is 0 Å². The van der Waals surface area contributed by atoms with Crippen molar-refractivity contribution >= 4 is 15.9 Å². The largest absolute Gasteiger partial charge is 0.420 e. The molecule has 0 radical (unpaired) electrons. The minimum Gasteiger partial charge on any atom is -0.378 e. The summed E-state index contributed by atoms with van der Waals surface area (Å²) in [6.07, 6.45) is -6.01. The molecule has 0 bridgehead atoms. The fourth-order valence-electron chi connectivity index (χ4n) is 0.738. The maximum absolute atomic E-state index is 12.0. The van der Waals surface area contributed by atoms with E-state index in [0.29, 0.717) is 4.47 Å². The van der Waals surface area contributed by atoms with Crippen molar-refractivity contribution in [3.8, 4) is 0 Å². The van der Waals surface area contributed by atoms with Crippen molar-refractivity contribution in [2.45, 2.75) is 12.3 Å². The van der Waals surface area contributed by atoms with Gasteiger partial charge in [-0.25, -0.2) is 0 Å². The third kappa shape index (κ3) is 2.67. The van der Waals surface area contributed by atoms with Crippen molar-refractivity contribution < 1.29 is 18.3 Å². The van der Waals surface area contributed by atoms with E-state index in [4.69, 9.17) is 5.11 Å². The van der Waals surface area contributed by atoms with Gasteiger partial charge in [-0.3, -0.25) is 4.98 Å². The van der Waals surface area contributed by atoms with Gasteiger partial charge in [-0.1, -0.05) is 15.9 Å². The fourth-order valence-corrected chi connectivity index (χ4v) is 1.09. The molecular formula is C7H5BrF3NO. The second-order valence-electron chi connectivity index (χ2n) is 2.34. The molecule has 72 valence electrons. The molecule has 0 saturated heterocycles. The van der Waals surface area contributed by atoms with Crippen LogP contribution in [-0.4, -0.2) is 16.3 Å². The van der Waals surface area contributed by atoms with E-state index in [2.05, 4.69) is 20.9 Å². The molecule has 0 saturated carbocycles. The number of alkyl halides is 3. The second kappa shape index (κ2) is 3.63. The van der Waals surface area contributed by atoms with E-state index in [9.17, 15) is 13.2 Å². The average Bonchev–Trinajstić information content (AvgIpc) is 2.01. The van der Waals surface area contributed by atoms with Crippen LogP contribution in [0.15, 0.2) is 22.8 Å². The third-order valence-electron chi connectivity index (χ3n) is 1.33. The normalized spacial score (nSPS) is 14.2. The van der Waals surface area contributed by atoms with E-state index in [0.717, 1.165) is 6.07 Å². The van der Waals surface area contributed by atoms with Crippen molar-refractivity contribution in [2.24, 2.45) is 0 Å². The van der Waals surface area contributed by atoms with Gasteiger partial charge in [-0.15, -0.1) is 0 Å². The quantitative estimate of drug-likeness (QED) is 0.837. The summed E-state index contributed by atoms with van der Waals surface area (Å²) in [6.45, 7) is 0. The molecule has 1 rings (SSSR count). The van der Waals surface area contributed by atoms with Crippen LogP contribution in [0, 0.1) is 0 Å². The van der Waals surface area contributed by atoms with Gasteiger partial charge in [0.15, 0.2) is 6.10 Å². The lowest BCUT2D eigenvalue weighted by molar-refractivity contribution is -0.207. The number of aromatic nitrogens is 1. The lowest BCUT2D eigenvalue weighted by Crippen LogP contribution is -2.21. The highest BCUT2D eigenvalue weighted by Gasteiger charge is 2.40. The predicted octanol–water partition coefficient (Wildman–Crippen LogP) is 2.44. The highest BCUT2D eigenvalue weighted by Crippen LogP contribution is 2.31. The smallest absolute Gasteiger partial charge is 0.378 e. The zero-order chi connectivity index (χ0) is 10.1. The number of hydrogen-bond donors (Lipinski definition) is 1. The van der Waals surface area contributed by atoms with Crippen LogP contribution >= 0.6 is 15.9 Å². The van der Waals surface area contributed by atoms with Crippen molar-refractivity contribution in [1.82, 2.24) is 4.98 Å². The highest BCUT2D eigenvalue weighted by molar-refractivity contribution is 9.10. The van der Waals surface area contributed by atoms with Gasteiger partial charge in [0, 0.05) is 10.7 Å². The molecule has 6 heteroatoms. The Kier molecular flexibility index (Phi) is 2.92. The third-order valence-corrected chi connectivity index (χ3v) is 1.83. The first-order chi connectivity index (χ1) is 5.91. The van der Waals surface area contributed by atoms with Crippen molar-refractivity contribution in [3.05, 3.63) is 28.5 Å². The highest BCUT2D eigenvalue weighted by atomic mass is 79.9. The molecule has 1 aromatic rings. The molecular weight excluding hydrogens is 251 g/mol. The van der Waals surface area contributed by atoms with Crippen LogP contribution < -0.4 is 0 Å². The maximum Gasteiger partial charge on any atom is 0.420 e. The van der Waals surface area contributed by atoms with Crippen molar-refractivity contribution in [1.29, 1.82) is 0 Å². The van der Waals surface area contributed by atoms with Crippen LogP contribution in [0.25, 0.3) is 0 Å². The minimum absolute atomic E-state index is 0.415. The summed E-state index contributed by atoms with van der Waals surface area (Å²) in [6, 6.07) is 2.60. The monoisotopic (exact) mass is 255 g/mol. The van der Waals surface area contributed by atoms with Gasteiger partial charge in [-0.2, -0.15) is 13.2 Å². The molecule has 0 spiro atoms. The molecule has 1 atom stereocenters. The summed E-state index contributed by atoms with van der Waals surface area (Å²) in [7, 11) is 0. The lowest BCUT2D eigenvalue weighted by Gasteiger charge is -2.13. The molecule has 1 unspecified atom stereocenters. The Labute approximate surface area is 80.5 Å². The van der Waals surface area contributed by atoms with E-state index in [-0.39, 0.29) is 0 Å². The first-order valence-corrected chi connectivity index (χ1v) is 4.07. The molecule has 0 fully saturated rings. The number of halogens is 4. The zero-order valence-electron chi connectivity index (χ0n) is 6.22. The van der Waals surface area contributed by atoms with E-state index in [1.54, 1.807) is 0 Å². The van der Waals surface area contributed by atoms with Gasteiger partial charge in [0.25, 0.3) is 0 Å². The summed E-state index contributed by atoms with van der Waals surface area (Å²) in [5, 5.41) is 8.77. The zero-order valence-corrected chi connectivity index (χ0v) is 7.80. The van der Waals surface area contributed by atoms with E-state index < -0.39 is 18.0 Å². The molecule has 0 aliphatic carbocycles. The SMILES string of the molecule is OC(c1cc(Br)ccn1)C(F)(F)F. The summed E-state index contributed by atoms with van der Waals surface area (Å²) < 4.78 is 36.3. The van der Waals surface area contributed by atoms with Crippen LogP contribution in [0.5, 0.6) is 0 Å². The summed E-state index contributed by atoms with van der Waals surface area (Å²) in [5.41, 5.74) is -0.415. The maximum atomic E-state index is 12.0. The molecule has 1 N–H and O–H groups in total. The average molecular weight is 256 g/mol. The van der Waals surface area contributed by atoms with Crippen LogP contribution in [0.1, 0.15) is 11.8 Å². The molecule has 1 aromatic heterocycles. The second-order valence-corrected chi connectivity index (χ2v) is 3.26. The van der Waals surface area contributed by atoms with Crippen molar-refractivity contribution in [2.75, 3.05) is 0 Å². The fraction of sp³-hybridized carbons (Fsp3) is 0.286. The molecule has 0 amide bonds. The first-order valence-electron chi connectivity index (χ1n) is 3.27. The Morgan fingerprint density at radius 3 is 2.54 bits per heavy atom. The molecule has 0 aromatic carbocycles. The molecule has 0 aliphatic heterocycles. The van der Waals surface area contributed by atoms with Crippen molar-refractivity contribution in [3.63, 3.8) is 0 Å². The van der Waals surface area contributed by atoms with Crippen LogP contribution in [0.3, 0.4) is 0 Å². The first kappa shape index (κ1) is 10.5. The topological polar surface area (TPSA) is 33.1 Å². The summed E-state index contributed by atoms with van der Waals surface area (Å²) in [5.74, 6) is 0. The molecule has 0 aliphatic rings. The standard InChI is InChI=1S/C7H5BrF3NO/c8-4-1-2-12-5(3-4)6(13)7(9,10)11/h1-3,6,13H. The van der Waals surface area contributed by atoms with Crippen LogP contribution in [0.4, 0.5) is 13.2 Å². The lowest BCUT2D eigenvalue weighted by atomic mass is 10.2. The van der Waals surface area contributed by atoms with Crippen LogP contribution in [0.2, 0.25) is 0 Å². The molecule has 1 heterocycles. The van der Waals surface area contributed by atoms with Gasteiger partial charge < -0.3 is 5.11 Å². The minimum atomic E-state index is -4.67. The number of hydrogen-bond acceptors (Lipinski definition) is 2. The Balaban J connectivity index is 2.96. The predicted molar refractivity (Wildman–Crippen MR) is 43.0 cm³/mol. The van der Waals surface area contributed by atoms with Gasteiger partial charge >= 0.3 is 6.18 Å². The number of nitrogens with zero attached hydrogens (tertiary/aromatic N) is 1. The van der Waals surface area contributed by atoms with E-state index >= 15 is 0 Å². The number of aliphatic hydroxyl groups excluding tert-OH is 1. The Morgan fingerprint density at radius 2 is 2.08 bits per heavy atom. The summed E-state index contributed by atoms with van der Waals surface area (Å²) >= 11 is 2.98. The molecule has 2 nitrogen and oxygen atoms in total. The number of aliphatic hydroxyl groups is 1. The van der Waals surface area contributed by atoms with Gasteiger partial charge in [-0.05, 0) is 12.1 Å². The van der Waals surface area contributed by atoms with E-state index in [1.807, 2.05) is 0 Å². The summed E-state index contributed by atoms with van der Waals surface area (Å²) in [4.78, 5) is 3.41. The van der Waals surface area contributed by atoms with Gasteiger partial charge in [0.05, 0.1) is 5.69 Å². The Bertz CT molecular complexity index is 302.